The van der Waals surface area contributed by atoms with Gasteiger partial charge < -0.3 is 10.1 Å². The number of ether oxygens (including phenoxy) is 1. The zero-order chi connectivity index (χ0) is 19.4. The number of anilines is 1. The zero-order valence-corrected chi connectivity index (χ0v) is 14.4. The van der Waals surface area contributed by atoms with Crippen molar-refractivity contribution in [3.8, 4) is 16.9 Å². The molecule has 0 unspecified atom stereocenters. The molecule has 0 aliphatic heterocycles. The van der Waals surface area contributed by atoms with Crippen molar-refractivity contribution in [1.82, 2.24) is 0 Å². The second kappa shape index (κ2) is 7.53. The molecule has 6 heteroatoms. The largest absolute Gasteiger partial charge is 0.496 e. The third kappa shape index (κ3) is 4.28. The van der Waals surface area contributed by atoms with Crippen LogP contribution in [0.1, 0.15) is 15.9 Å². The van der Waals surface area contributed by atoms with Gasteiger partial charge in [-0.25, -0.2) is 0 Å². The van der Waals surface area contributed by atoms with E-state index in [0.717, 1.165) is 23.3 Å². The van der Waals surface area contributed by atoms with Crippen molar-refractivity contribution in [3.63, 3.8) is 0 Å². The third-order valence-corrected chi connectivity index (χ3v) is 4.02. The number of hydrogen-bond acceptors (Lipinski definition) is 2. The van der Waals surface area contributed by atoms with Crippen LogP contribution in [0.2, 0.25) is 0 Å². The molecule has 0 saturated carbocycles. The fourth-order valence-corrected chi connectivity index (χ4v) is 2.64. The van der Waals surface area contributed by atoms with Gasteiger partial charge in [-0.2, -0.15) is 13.2 Å². The van der Waals surface area contributed by atoms with Crippen LogP contribution in [0.15, 0.2) is 72.8 Å². The molecule has 0 atom stereocenters. The van der Waals surface area contributed by atoms with Crippen molar-refractivity contribution in [2.45, 2.75) is 6.18 Å². The lowest BCUT2D eigenvalue weighted by Gasteiger charge is -2.12. The third-order valence-electron chi connectivity index (χ3n) is 4.02. The first-order valence-electron chi connectivity index (χ1n) is 8.10. The van der Waals surface area contributed by atoms with Crippen LogP contribution < -0.4 is 10.1 Å². The molecule has 0 radical (unpaired) electrons. The summed E-state index contributed by atoms with van der Waals surface area (Å²) in [6, 6.07) is 18.7. The van der Waals surface area contributed by atoms with E-state index in [2.05, 4.69) is 5.32 Å². The summed E-state index contributed by atoms with van der Waals surface area (Å²) >= 11 is 0. The number of halogens is 3. The van der Waals surface area contributed by atoms with Crippen LogP contribution in [0.4, 0.5) is 18.9 Å². The minimum Gasteiger partial charge on any atom is -0.496 e. The standard InChI is InChI=1S/C21H16F3NO2/c1-27-19-12-7-15(13-18(19)14-5-3-2-4-6-14)20(26)25-17-10-8-16(9-11-17)21(22,23)24/h2-13H,1H3,(H,25,26). The van der Waals surface area contributed by atoms with Gasteiger partial charge in [-0.1, -0.05) is 30.3 Å². The van der Waals surface area contributed by atoms with E-state index >= 15 is 0 Å². The highest BCUT2D eigenvalue weighted by molar-refractivity contribution is 6.05. The van der Waals surface area contributed by atoms with E-state index < -0.39 is 17.6 Å². The molecule has 0 aliphatic carbocycles. The maximum atomic E-state index is 12.6. The molecule has 27 heavy (non-hydrogen) atoms. The summed E-state index contributed by atoms with van der Waals surface area (Å²) in [7, 11) is 1.55. The average molecular weight is 371 g/mol. The first kappa shape index (κ1) is 18.5. The van der Waals surface area contributed by atoms with Gasteiger partial charge in [0.05, 0.1) is 12.7 Å². The van der Waals surface area contributed by atoms with Crippen LogP contribution in [-0.2, 0) is 6.18 Å². The number of amides is 1. The van der Waals surface area contributed by atoms with Gasteiger partial charge in [-0.3, -0.25) is 4.79 Å². The fourth-order valence-electron chi connectivity index (χ4n) is 2.64. The zero-order valence-electron chi connectivity index (χ0n) is 14.4. The van der Waals surface area contributed by atoms with E-state index in [4.69, 9.17) is 4.74 Å². The molecule has 0 bridgehead atoms. The van der Waals surface area contributed by atoms with Crippen molar-refractivity contribution in [2.24, 2.45) is 0 Å². The molecule has 0 aliphatic rings. The molecule has 0 fully saturated rings. The van der Waals surface area contributed by atoms with E-state index in [-0.39, 0.29) is 5.69 Å². The number of alkyl halides is 3. The number of methoxy groups -OCH3 is 1. The van der Waals surface area contributed by atoms with Crippen molar-refractivity contribution in [1.29, 1.82) is 0 Å². The number of rotatable bonds is 4. The molecule has 0 heterocycles. The van der Waals surface area contributed by atoms with Gasteiger partial charge in [0.25, 0.3) is 5.91 Å². The predicted octanol–water partition coefficient (Wildman–Crippen LogP) is 5.63. The molecule has 3 rings (SSSR count). The Labute approximate surface area is 154 Å². The maximum absolute atomic E-state index is 12.6. The van der Waals surface area contributed by atoms with Crippen molar-refractivity contribution < 1.29 is 22.7 Å². The minimum absolute atomic E-state index is 0.282. The van der Waals surface area contributed by atoms with Crippen LogP contribution in [-0.4, -0.2) is 13.0 Å². The summed E-state index contributed by atoms with van der Waals surface area (Å²) in [6.45, 7) is 0. The van der Waals surface area contributed by atoms with E-state index in [9.17, 15) is 18.0 Å². The summed E-state index contributed by atoms with van der Waals surface area (Å²) in [5.41, 5.74) is 1.52. The highest BCUT2D eigenvalue weighted by atomic mass is 19.4. The molecule has 0 saturated heterocycles. The van der Waals surface area contributed by atoms with E-state index in [1.54, 1.807) is 25.3 Å². The molecule has 0 aromatic heterocycles. The minimum atomic E-state index is -4.41. The average Bonchev–Trinajstić information content (AvgIpc) is 2.68. The molecule has 1 N–H and O–H groups in total. The van der Waals surface area contributed by atoms with Gasteiger partial charge in [-0.05, 0) is 48.0 Å². The van der Waals surface area contributed by atoms with Crippen molar-refractivity contribution in [3.05, 3.63) is 83.9 Å². The fraction of sp³-hybridized carbons (Fsp3) is 0.0952. The first-order chi connectivity index (χ1) is 12.9. The Morgan fingerprint density at radius 1 is 0.926 bits per heavy atom. The Hall–Kier alpha value is -3.28. The first-order valence-corrected chi connectivity index (χ1v) is 8.10. The quantitative estimate of drug-likeness (QED) is 0.645. The number of carbonyl (C=O) groups excluding carboxylic acids is 1. The van der Waals surface area contributed by atoms with Crippen LogP contribution in [0, 0.1) is 0 Å². The summed E-state index contributed by atoms with van der Waals surface area (Å²) in [5.74, 6) is 0.196. The van der Waals surface area contributed by atoms with Crippen molar-refractivity contribution >= 4 is 11.6 Å². The second-order valence-corrected chi connectivity index (χ2v) is 5.81. The summed E-state index contributed by atoms with van der Waals surface area (Å²) in [6.07, 6.45) is -4.41. The van der Waals surface area contributed by atoms with Crippen LogP contribution in [0.5, 0.6) is 5.75 Å². The Bertz CT molecular complexity index is 936. The van der Waals surface area contributed by atoms with Gasteiger partial charge >= 0.3 is 6.18 Å². The maximum Gasteiger partial charge on any atom is 0.416 e. The van der Waals surface area contributed by atoms with E-state index in [1.165, 1.54) is 12.1 Å². The molecule has 138 valence electrons. The van der Waals surface area contributed by atoms with Gasteiger partial charge in [0.2, 0.25) is 0 Å². The SMILES string of the molecule is COc1ccc(C(=O)Nc2ccc(C(F)(F)F)cc2)cc1-c1ccccc1. The highest BCUT2D eigenvalue weighted by Crippen LogP contribution is 2.32. The predicted molar refractivity (Wildman–Crippen MR) is 97.8 cm³/mol. The lowest BCUT2D eigenvalue weighted by Crippen LogP contribution is -2.12. The molecule has 3 aromatic carbocycles. The van der Waals surface area contributed by atoms with Crippen LogP contribution in [0.25, 0.3) is 11.1 Å². The lowest BCUT2D eigenvalue weighted by atomic mass is 10.0. The van der Waals surface area contributed by atoms with Gasteiger partial charge in [0, 0.05) is 16.8 Å². The Balaban J connectivity index is 1.85. The smallest absolute Gasteiger partial charge is 0.416 e. The summed E-state index contributed by atoms with van der Waals surface area (Å²) in [4.78, 5) is 12.5. The second-order valence-electron chi connectivity index (χ2n) is 5.81. The Morgan fingerprint density at radius 3 is 2.19 bits per heavy atom. The normalized spacial score (nSPS) is 11.1. The van der Waals surface area contributed by atoms with Gasteiger partial charge in [-0.15, -0.1) is 0 Å². The summed E-state index contributed by atoms with van der Waals surface area (Å²) in [5, 5.41) is 2.61. The number of hydrogen-bond donors (Lipinski definition) is 1. The number of carbonyl (C=O) groups is 1. The lowest BCUT2D eigenvalue weighted by molar-refractivity contribution is -0.137. The Kier molecular flexibility index (Phi) is 5.16. The molecular formula is C21H16F3NO2. The monoisotopic (exact) mass is 371 g/mol. The van der Waals surface area contributed by atoms with Crippen molar-refractivity contribution in [2.75, 3.05) is 12.4 Å². The molecule has 0 spiro atoms. The topological polar surface area (TPSA) is 38.3 Å². The molecular weight excluding hydrogens is 355 g/mol. The van der Waals surface area contributed by atoms with Gasteiger partial charge in [0.1, 0.15) is 5.75 Å². The molecule has 3 nitrogen and oxygen atoms in total. The highest BCUT2D eigenvalue weighted by Gasteiger charge is 2.30. The van der Waals surface area contributed by atoms with E-state index in [1.807, 2.05) is 30.3 Å². The van der Waals surface area contributed by atoms with E-state index in [0.29, 0.717) is 11.3 Å². The Morgan fingerprint density at radius 2 is 1.59 bits per heavy atom. The van der Waals surface area contributed by atoms with Gasteiger partial charge in [0.15, 0.2) is 0 Å². The summed E-state index contributed by atoms with van der Waals surface area (Å²) < 4.78 is 43.2. The molecule has 3 aromatic rings. The van der Waals surface area contributed by atoms with Crippen LogP contribution >= 0.6 is 0 Å². The number of benzene rings is 3. The molecule has 1 amide bonds. The van der Waals surface area contributed by atoms with Crippen LogP contribution in [0.3, 0.4) is 0 Å². The number of nitrogens with one attached hydrogen (secondary N) is 1.